The van der Waals surface area contributed by atoms with Crippen molar-refractivity contribution in [2.24, 2.45) is 0 Å². The highest BCUT2D eigenvalue weighted by Gasteiger charge is 2.18. The molecule has 8 nitrogen and oxygen atoms in total. The van der Waals surface area contributed by atoms with Crippen LogP contribution in [0.1, 0.15) is 112 Å². The smallest absolute Gasteiger partial charge is 0.394 e. The minimum Gasteiger partial charge on any atom is -0.462 e. The number of hydrogen-bond donors (Lipinski definition) is 2. The third kappa shape index (κ3) is 19.2. The Morgan fingerprint density at radius 3 is 1.30 bits per heavy atom. The largest absolute Gasteiger partial charge is 0.462 e. The van der Waals surface area contributed by atoms with Gasteiger partial charge in [-0.15, -0.1) is 0 Å². The molecule has 1 aromatic carbocycles. The number of benzene rings is 1. The second-order valence-corrected chi connectivity index (χ2v) is 8.70. The van der Waals surface area contributed by atoms with Gasteiger partial charge in [-0.25, -0.2) is 9.59 Å². The molecule has 0 heterocycles. The summed E-state index contributed by atoms with van der Waals surface area (Å²) in [5.41, 5.74) is 0.586. The third-order valence-corrected chi connectivity index (χ3v) is 4.83. The van der Waals surface area contributed by atoms with Crippen LogP contribution in [0.25, 0.3) is 0 Å². The lowest BCUT2D eigenvalue weighted by atomic mass is 10.1. The molecule has 0 spiro atoms. The molecule has 0 atom stereocenters. The Bertz CT molecular complexity index is 704. The first-order valence-electron chi connectivity index (χ1n) is 11.8. The fourth-order valence-electron chi connectivity index (χ4n) is 3.09. The molecule has 2 N–H and O–H groups in total. The van der Waals surface area contributed by atoms with Crippen LogP contribution in [-0.2, 0) is 19.9 Å². The molecule has 190 valence electrons. The summed E-state index contributed by atoms with van der Waals surface area (Å²) in [4.78, 5) is 24.7. The molecule has 0 saturated carbocycles. The molecule has 0 aliphatic carbocycles. The first-order chi connectivity index (χ1) is 15.7. The van der Waals surface area contributed by atoms with Crippen molar-refractivity contribution in [3.05, 3.63) is 35.4 Å². The molecule has 0 saturated heterocycles. The average molecular weight is 489 g/mol. The Balaban J connectivity index is 0.00000184. The highest BCUT2D eigenvalue weighted by Crippen LogP contribution is 2.14. The zero-order chi connectivity index (χ0) is 25.0. The third-order valence-electron chi connectivity index (χ3n) is 4.83. The number of carbonyl (C=O) groups excluding carboxylic acids is 2. The number of unbranched alkanes of at least 4 members (excludes halogenated alkanes) is 10. The summed E-state index contributed by atoms with van der Waals surface area (Å²) < 4.78 is 42.3. The summed E-state index contributed by atoms with van der Waals surface area (Å²) in [5.74, 6) is -0.888. The first-order valence-corrected chi connectivity index (χ1v) is 13.2. The van der Waals surface area contributed by atoms with Gasteiger partial charge >= 0.3 is 22.3 Å². The maximum atomic E-state index is 12.4. The van der Waals surface area contributed by atoms with Crippen molar-refractivity contribution in [1.82, 2.24) is 0 Å². The number of esters is 2. The molecule has 0 amide bonds. The lowest BCUT2D eigenvalue weighted by molar-refractivity contribution is 0.0450. The van der Waals surface area contributed by atoms with Gasteiger partial charge in [0.2, 0.25) is 0 Å². The molecule has 0 aliphatic heterocycles. The summed E-state index contributed by atoms with van der Waals surface area (Å²) in [6, 6.07) is 6.74. The van der Waals surface area contributed by atoms with E-state index in [9.17, 15) is 9.59 Å². The molecule has 33 heavy (non-hydrogen) atoms. The quantitative estimate of drug-likeness (QED) is 0.163. The molecule has 0 fully saturated rings. The van der Waals surface area contributed by atoms with Gasteiger partial charge in [0, 0.05) is 0 Å². The molecule has 0 unspecified atom stereocenters. The lowest BCUT2D eigenvalue weighted by Gasteiger charge is -2.10. The number of rotatable bonds is 16. The van der Waals surface area contributed by atoms with Crippen LogP contribution >= 0.6 is 0 Å². The summed E-state index contributed by atoms with van der Waals surface area (Å²) >= 11 is 0. The average Bonchev–Trinajstić information content (AvgIpc) is 2.76. The van der Waals surface area contributed by atoms with Gasteiger partial charge in [-0.05, 0) is 25.0 Å². The number of ether oxygens (including phenoxy) is 2. The van der Waals surface area contributed by atoms with E-state index in [2.05, 4.69) is 13.8 Å². The van der Waals surface area contributed by atoms with Crippen LogP contribution in [0.2, 0.25) is 0 Å². The van der Waals surface area contributed by atoms with Gasteiger partial charge in [0.05, 0.1) is 24.3 Å². The van der Waals surface area contributed by atoms with E-state index in [4.69, 9.17) is 27.0 Å². The summed E-state index contributed by atoms with van der Waals surface area (Å²) in [6.07, 6.45) is 13.6. The van der Waals surface area contributed by atoms with Crippen molar-refractivity contribution in [1.29, 1.82) is 0 Å². The first kappa shape index (κ1) is 31.0. The van der Waals surface area contributed by atoms with Crippen LogP contribution in [0.5, 0.6) is 0 Å². The predicted octanol–water partition coefficient (Wildman–Crippen LogP) is 6.07. The van der Waals surface area contributed by atoms with E-state index in [0.717, 1.165) is 25.7 Å². The molecule has 0 aliphatic rings. The van der Waals surface area contributed by atoms with Crippen molar-refractivity contribution in [3.63, 3.8) is 0 Å². The Labute approximate surface area is 198 Å². The number of hydrogen-bond acceptors (Lipinski definition) is 6. The van der Waals surface area contributed by atoms with Crippen LogP contribution in [0.3, 0.4) is 0 Å². The number of carbonyl (C=O) groups is 2. The van der Waals surface area contributed by atoms with Crippen molar-refractivity contribution in [3.8, 4) is 0 Å². The minimum absolute atomic E-state index is 0.293. The van der Waals surface area contributed by atoms with E-state index < -0.39 is 22.3 Å². The van der Waals surface area contributed by atoms with E-state index in [-0.39, 0.29) is 0 Å². The van der Waals surface area contributed by atoms with E-state index >= 15 is 0 Å². The molecular formula is C24H40O8S. The second-order valence-electron chi connectivity index (χ2n) is 7.80. The van der Waals surface area contributed by atoms with Crippen LogP contribution in [-0.4, -0.2) is 42.7 Å². The van der Waals surface area contributed by atoms with E-state index in [1.165, 1.54) is 51.4 Å². The van der Waals surface area contributed by atoms with Crippen LogP contribution in [0.4, 0.5) is 0 Å². The molecule has 0 aromatic heterocycles. The van der Waals surface area contributed by atoms with Gasteiger partial charge in [0.1, 0.15) is 0 Å². The standard InChI is InChI=1S/C24H38O4.H2O4S/c1-3-5-7-9-11-15-19-27-23(25)21-17-13-14-18-22(21)24(26)28-20-16-12-10-8-6-4-2;1-5(2,3)4/h13-14,17-18H,3-12,15-16,19-20H2,1-2H3;(H2,1,2,3,4). The minimum atomic E-state index is -4.67. The molecule has 0 radical (unpaired) electrons. The fraction of sp³-hybridized carbons (Fsp3) is 0.667. The topological polar surface area (TPSA) is 127 Å². The van der Waals surface area contributed by atoms with E-state index in [1.54, 1.807) is 24.3 Å². The Hall–Kier alpha value is -1.97. The Morgan fingerprint density at radius 1 is 0.667 bits per heavy atom. The molecule has 1 rings (SSSR count). The summed E-state index contributed by atoms with van der Waals surface area (Å²) in [5, 5.41) is 0. The normalized spacial score (nSPS) is 10.8. The van der Waals surface area contributed by atoms with Crippen LogP contribution in [0, 0.1) is 0 Å². The van der Waals surface area contributed by atoms with E-state index in [1.807, 2.05) is 0 Å². The Kier molecular flexibility index (Phi) is 18.3. The van der Waals surface area contributed by atoms with Crippen molar-refractivity contribution >= 4 is 22.3 Å². The molecule has 9 heteroatoms. The van der Waals surface area contributed by atoms with Gasteiger partial charge < -0.3 is 9.47 Å². The summed E-state index contributed by atoms with van der Waals surface area (Å²) in [7, 11) is -4.67. The van der Waals surface area contributed by atoms with Gasteiger partial charge in [0.15, 0.2) is 0 Å². The second kappa shape index (κ2) is 19.5. The summed E-state index contributed by atoms with van der Waals surface area (Å²) in [6.45, 7) is 5.17. The van der Waals surface area contributed by atoms with Gasteiger partial charge in [0.25, 0.3) is 0 Å². The maximum absolute atomic E-state index is 12.4. The van der Waals surface area contributed by atoms with Crippen molar-refractivity contribution in [2.75, 3.05) is 13.2 Å². The highest BCUT2D eigenvalue weighted by atomic mass is 32.3. The molecule has 1 aromatic rings. The van der Waals surface area contributed by atoms with Gasteiger partial charge in [-0.3, -0.25) is 9.11 Å². The predicted molar refractivity (Wildman–Crippen MR) is 128 cm³/mol. The van der Waals surface area contributed by atoms with Crippen LogP contribution in [0.15, 0.2) is 24.3 Å². The van der Waals surface area contributed by atoms with Crippen LogP contribution < -0.4 is 0 Å². The zero-order valence-electron chi connectivity index (χ0n) is 20.0. The monoisotopic (exact) mass is 488 g/mol. The molecule has 0 bridgehead atoms. The van der Waals surface area contributed by atoms with Gasteiger partial charge in [-0.2, -0.15) is 8.42 Å². The lowest BCUT2D eigenvalue weighted by Crippen LogP contribution is -2.15. The van der Waals surface area contributed by atoms with Crippen molar-refractivity contribution in [2.45, 2.75) is 90.9 Å². The van der Waals surface area contributed by atoms with Gasteiger partial charge in [-0.1, -0.05) is 90.2 Å². The Morgan fingerprint density at radius 2 is 0.970 bits per heavy atom. The zero-order valence-corrected chi connectivity index (χ0v) is 20.8. The fourth-order valence-corrected chi connectivity index (χ4v) is 3.09. The van der Waals surface area contributed by atoms with Crippen molar-refractivity contribution < 1.29 is 36.6 Å². The SMILES string of the molecule is CCCCCCCCOC(=O)c1ccccc1C(=O)OCCCCCCCC.O=S(=O)(O)O. The molecular weight excluding hydrogens is 448 g/mol. The highest BCUT2D eigenvalue weighted by molar-refractivity contribution is 7.79. The van der Waals surface area contributed by atoms with E-state index in [0.29, 0.717) is 24.3 Å². The maximum Gasteiger partial charge on any atom is 0.394 e.